The average Bonchev–Trinajstić information content (AvgIpc) is 2.58. The number of aromatic nitrogens is 1. The van der Waals surface area contributed by atoms with Crippen LogP contribution in [0.4, 0.5) is 27.8 Å². The molecule has 1 amide bonds. The number of hydrogen-bond acceptors (Lipinski definition) is 8. The molecule has 1 rings (SSSR count). The Kier molecular flexibility index (Phi) is 9.27. The monoisotopic (exact) mass is 382 g/mol. The van der Waals surface area contributed by atoms with E-state index in [1.165, 1.54) is 6.07 Å². The molecule has 0 spiro atoms. The number of carbonyl (C=O) groups is 1. The minimum atomic E-state index is -0.698. The van der Waals surface area contributed by atoms with Crippen molar-refractivity contribution in [3.8, 4) is 0 Å². The van der Waals surface area contributed by atoms with E-state index in [1.807, 2.05) is 6.92 Å². The van der Waals surface area contributed by atoms with Crippen molar-refractivity contribution in [1.82, 2.24) is 9.88 Å². The van der Waals surface area contributed by atoms with Crippen LogP contribution in [0.15, 0.2) is 6.07 Å². The van der Waals surface area contributed by atoms with Crippen molar-refractivity contribution in [2.45, 2.75) is 46.6 Å². The molecule has 10 heteroatoms. The van der Waals surface area contributed by atoms with Gasteiger partial charge in [0, 0.05) is 12.1 Å². The Balaban J connectivity index is 2.87. The van der Waals surface area contributed by atoms with E-state index < -0.39 is 11.0 Å². The number of nitro groups is 1. The predicted molar refractivity (Wildman–Crippen MR) is 106 cm³/mol. The Hall–Kier alpha value is -2.62. The largest absolute Gasteiger partial charge is 0.450 e. The van der Waals surface area contributed by atoms with E-state index in [4.69, 9.17) is 10.5 Å². The first kappa shape index (κ1) is 22.4. The maximum atomic E-state index is 11.6. The lowest BCUT2D eigenvalue weighted by Gasteiger charge is -2.20. The quantitative estimate of drug-likeness (QED) is 0.392. The first-order valence-electron chi connectivity index (χ1n) is 9.19. The average molecular weight is 382 g/mol. The van der Waals surface area contributed by atoms with Gasteiger partial charge in [0.1, 0.15) is 11.5 Å². The third-order valence-electron chi connectivity index (χ3n) is 4.12. The van der Waals surface area contributed by atoms with E-state index in [9.17, 15) is 14.9 Å². The fraction of sp³-hybridized carbons (Fsp3) is 0.647. The van der Waals surface area contributed by atoms with E-state index in [0.717, 1.165) is 32.5 Å². The molecule has 0 bridgehead atoms. The maximum absolute atomic E-state index is 11.6. The van der Waals surface area contributed by atoms with Crippen molar-refractivity contribution in [3.05, 3.63) is 16.2 Å². The molecule has 0 aromatic carbocycles. The van der Waals surface area contributed by atoms with Gasteiger partial charge in [0.05, 0.1) is 11.5 Å². The van der Waals surface area contributed by atoms with Gasteiger partial charge in [-0.15, -0.1) is 0 Å². The fourth-order valence-electron chi connectivity index (χ4n) is 2.69. The van der Waals surface area contributed by atoms with Gasteiger partial charge in [0.25, 0.3) is 0 Å². The molecule has 1 atom stereocenters. The minimum Gasteiger partial charge on any atom is -0.450 e. The van der Waals surface area contributed by atoms with E-state index in [-0.39, 0.29) is 35.7 Å². The Labute approximate surface area is 159 Å². The molecule has 0 saturated heterocycles. The zero-order valence-electron chi connectivity index (χ0n) is 16.4. The molecule has 0 radical (unpaired) electrons. The highest BCUT2D eigenvalue weighted by Crippen LogP contribution is 2.32. The van der Waals surface area contributed by atoms with Crippen molar-refractivity contribution in [1.29, 1.82) is 0 Å². The van der Waals surface area contributed by atoms with Gasteiger partial charge in [-0.1, -0.05) is 13.8 Å². The van der Waals surface area contributed by atoms with Crippen LogP contribution in [0, 0.1) is 10.1 Å². The van der Waals surface area contributed by atoms with Crippen LogP contribution >= 0.6 is 0 Å². The zero-order valence-corrected chi connectivity index (χ0v) is 16.4. The second-order valence-corrected chi connectivity index (χ2v) is 6.11. The summed E-state index contributed by atoms with van der Waals surface area (Å²) in [6, 6.07) is 1.38. The molecule has 0 aliphatic rings. The van der Waals surface area contributed by atoms with E-state index >= 15 is 0 Å². The van der Waals surface area contributed by atoms with E-state index in [0.29, 0.717) is 0 Å². The molecule has 0 fully saturated rings. The number of nitrogen functional groups attached to an aromatic ring is 1. The third-order valence-corrected chi connectivity index (χ3v) is 4.12. The second kappa shape index (κ2) is 11.2. The summed E-state index contributed by atoms with van der Waals surface area (Å²) >= 11 is 0. The Morgan fingerprint density at radius 3 is 2.63 bits per heavy atom. The summed E-state index contributed by atoms with van der Waals surface area (Å²) in [5, 5.41) is 16.9. The van der Waals surface area contributed by atoms with Crippen molar-refractivity contribution in [3.63, 3.8) is 0 Å². The highest BCUT2D eigenvalue weighted by molar-refractivity contribution is 5.86. The molecule has 0 aliphatic carbocycles. The van der Waals surface area contributed by atoms with E-state index in [2.05, 4.69) is 34.4 Å². The lowest BCUT2D eigenvalue weighted by atomic mass is 10.1. The fourth-order valence-corrected chi connectivity index (χ4v) is 2.69. The molecule has 27 heavy (non-hydrogen) atoms. The topological polar surface area (TPSA) is 136 Å². The molecular formula is C17H30N6O4. The predicted octanol–water partition coefficient (Wildman–Crippen LogP) is 3.06. The number of hydrogen-bond donors (Lipinski definition) is 3. The van der Waals surface area contributed by atoms with Crippen LogP contribution in [-0.2, 0) is 4.74 Å². The SMILES string of the molecule is CCOC(=O)Nc1cc(NC(C)CCCN(CC)CC)c([N+](=O)[O-])c(N)n1. The number of rotatable bonds is 11. The van der Waals surface area contributed by atoms with Gasteiger partial charge >= 0.3 is 11.8 Å². The molecule has 152 valence electrons. The third kappa shape index (κ3) is 7.26. The van der Waals surface area contributed by atoms with Crippen molar-refractivity contribution in [2.75, 3.05) is 42.6 Å². The molecule has 1 aromatic rings. The molecule has 4 N–H and O–H groups in total. The summed E-state index contributed by atoms with van der Waals surface area (Å²) in [5.41, 5.74) is 5.64. The number of pyridine rings is 1. The Bertz CT molecular complexity index is 636. The number of ether oxygens (including phenoxy) is 1. The van der Waals surface area contributed by atoms with Gasteiger partial charge in [-0.2, -0.15) is 0 Å². The summed E-state index contributed by atoms with van der Waals surface area (Å²) in [4.78, 5) is 28.5. The van der Waals surface area contributed by atoms with Crippen LogP contribution in [0.3, 0.4) is 0 Å². The van der Waals surface area contributed by atoms with Crippen LogP contribution in [-0.4, -0.2) is 53.2 Å². The highest BCUT2D eigenvalue weighted by Gasteiger charge is 2.23. The van der Waals surface area contributed by atoms with Gasteiger partial charge < -0.3 is 20.7 Å². The maximum Gasteiger partial charge on any atom is 0.412 e. The zero-order chi connectivity index (χ0) is 20.4. The van der Waals surface area contributed by atoms with Crippen LogP contribution < -0.4 is 16.4 Å². The Morgan fingerprint density at radius 1 is 1.41 bits per heavy atom. The number of nitrogens with zero attached hydrogens (tertiary/aromatic N) is 3. The summed E-state index contributed by atoms with van der Waals surface area (Å²) < 4.78 is 4.79. The molecular weight excluding hydrogens is 352 g/mol. The normalized spacial score (nSPS) is 11.9. The number of carbonyl (C=O) groups excluding carboxylic acids is 1. The van der Waals surface area contributed by atoms with Gasteiger partial charge in [-0.3, -0.25) is 15.4 Å². The molecule has 1 aromatic heterocycles. The van der Waals surface area contributed by atoms with Gasteiger partial charge in [-0.05, 0) is 46.3 Å². The van der Waals surface area contributed by atoms with Crippen LogP contribution in [0.5, 0.6) is 0 Å². The Morgan fingerprint density at radius 2 is 2.07 bits per heavy atom. The summed E-state index contributed by atoms with van der Waals surface area (Å²) in [6.07, 6.45) is 1.09. The summed E-state index contributed by atoms with van der Waals surface area (Å²) in [5.74, 6) is -0.179. The number of nitrogens with one attached hydrogen (secondary N) is 2. The van der Waals surface area contributed by atoms with Crippen molar-refractivity contribution < 1.29 is 14.5 Å². The minimum absolute atomic E-state index is 0.0171. The smallest absolute Gasteiger partial charge is 0.412 e. The number of nitrogens with two attached hydrogens (primary N) is 1. The van der Waals surface area contributed by atoms with Crippen LogP contribution in [0.2, 0.25) is 0 Å². The number of amides is 1. The first-order valence-corrected chi connectivity index (χ1v) is 9.19. The van der Waals surface area contributed by atoms with Crippen molar-refractivity contribution in [2.24, 2.45) is 0 Å². The second-order valence-electron chi connectivity index (χ2n) is 6.11. The summed E-state index contributed by atoms with van der Waals surface area (Å²) in [7, 11) is 0. The molecule has 1 unspecified atom stereocenters. The molecule has 0 aliphatic heterocycles. The number of anilines is 3. The van der Waals surface area contributed by atoms with Gasteiger partial charge in [0.2, 0.25) is 5.82 Å². The van der Waals surface area contributed by atoms with Crippen LogP contribution in [0.25, 0.3) is 0 Å². The van der Waals surface area contributed by atoms with Gasteiger partial charge in [-0.25, -0.2) is 9.78 Å². The van der Waals surface area contributed by atoms with Crippen LogP contribution in [0.1, 0.15) is 40.5 Å². The summed E-state index contributed by atoms with van der Waals surface area (Å²) in [6.45, 7) is 11.0. The molecule has 10 nitrogen and oxygen atoms in total. The lowest BCUT2D eigenvalue weighted by molar-refractivity contribution is -0.383. The van der Waals surface area contributed by atoms with Crippen molar-refractivity contribution >= 4 is 29.1 Å². The first-order chi connectivity index (χ1) is 12.8. The molecule has 0 saturated carbocycles. The van der Waals surface area contributed by atoms with Gasteiger partial charge in [0.15, 0.2) is 0 Å². The molecule has 1 heterocycles. The van der Waals surface area contributed by atoms with E-state index in [1.54, 1.807) is 6.92 Å². The lowest BCUT2D eigenvalue weighted by Crippen LogP contribution is -2.26. The standard InChI is InChI=1S/C17H30N6O4/c1-5-22(6-2)10-8-9-12(4)19-13-11-14(21-17(24)27-7-3)20-16(18)15(13)23(25)26/h11-12H,5-10H2,1-4H3,(H4,18,19,20,21,24). The highest BCUT2D eigenvalue weighted by atomic mass is 16.6.